The Balaban J connectivity index is 2.15. The third-order valence-electron chi connectivity index (χ3n) is 4.20. The zero-order valence-corrected chi connectivity index (χ0v) is 13.2. The number of fused-ring (bicyclic) bond motifs is 1. The van der Waals surface area contributed by atoms with Crippen LogP contribution in [0.2, 0.25) is 0 Å². The predicted octanol–water partition coefficient (Wildman–Crippen LogP) is 3.78. The zero-order chi connectivity index (χ0) is 13.8. The van der Waals surface area contributed by atoms with Crippen molar-refractivity contribution in [2.24, 2.45) is 5.92 Å². The fourth-order valence-electron chi connectivity index (χ4n) is 2.72. The molecule has 1 unspecified atom stereocenters. The van der Waals surface area contributed by atoms with Crippen LogP contribution in [0, 0.1) is 5.92 Å². The van der Waals surface area contributed by atoms with E-state index in [0.29, 0.717) is 0 Å². The molecule has 3 nitrogen and oxygen atoms in total. The Morgan fingerprint density at radius 2 is 2.11 bits per heavy atom. The van der Waals surface area contributed by atoms with Gasteiger partial charge in [-0.25, -0.2) is 4.98 Å². The minimum Gasteiger partial charge on any atom is -0.387 e. The van der Waals surface area contributed by atoms with Crippen molar-refractivity contribution in [3.05, 3.63) is 10.6 Å². The Hall–Kier alpha value is -0.610. The van der Waals surface area contributed by atoms with Gasteiger partial charge in [-0.15, -0.1) is 11.3 Å². The largest absolute Gasteiger partial charge is 0.387 e. The molecule has 0 aromatic carbocycles. The Kier molecular flexibility index (Phi) is 5.22. The van der Waals surface area contributed by atoms with Gasteiger partial charge in [0.1, 0.15) is 0 Å². The number of thiazole rings is 1. The molecule has 0 aliphatic heterocycles. The van der Waals surface area contributed by atoms with Crippen molar-refractivity contribution < 1.29 is 5.11 Å². The third-order valence-corrected chi connectivity index (χ3v) is 5.39. The lowest BCUT2D eigenvalue weighted by molar-refractivity contribution is 0.153. The molecular weight excluding hydrogens is 256 g/mol. The fraction of sp³-hybridized carbons (Fsp3) is 0.800. The van der Waals surface area contributed by atoms with Crippen molar-refractivity contribution in [3.63, 3.8) is 0 Å². The van der Waals surface area contributed by atoms with Crippen LogP contribution in [-0.4, -0.2) is 23.2 Å². The third kappa shape index (κ3) is 3.29. The van der Waals surface area contributed by atoms with Crippen molar-refractivity contribution >= 4 is 16.5 Å². The lowest BCUT2D eigenvalue weighted by Crippen LogP contribution is -2.28. The number of hydrogen-bond acceptors (Lipinski definition) is 4. The van der Waals surface area contributed by atoms with E-state index < -0.39 is 0 Å². The molecule has 1 N–H and O–H groups in total. The van der Waals surface area contributed by atoms with Gasteiger partial charge in [0.15, 0.2) is 5.13 Å². The fourth-order valence-corrected chi connectivity index (χ4v) is 3.95. The highest BCUT2D eigenvalue weighted by atomic mass is 32.1. The van der Waals surface area contributed by atoms with Crippen molar-refractivity contribution in [1.29, 1.82) is 0 Å². The zero-order valence-electron chi connectivity index (χ0n) is 12.4. The normalized spacial score (nSPS) is 18.7. The molecule has 0 radical (unpaired) electrons. The molecule has 1 aliphatic carbocycles. The Morgan fingerprint density at radius 3 is 2.68 bits per heavy atom. The number of nitrogens with zero attached hydrogens (tertiary/aromatic N) is 2. The molecule has 1 heterocycles. The van der Waals surface area contributed by atoms with Crippen LogP contribution >= 0.6 is 11.3 Å². The first-order valence-corrected chi connectivity index (χ1v) is 8.43. The molecule has 0 saturated heterocycles. The predicted molar refractivity (Wildman–Crippen MR) is 82.0 cm³/mol. The van der Waals surface area contributed by atoms with E-state index in [9.17, 15) is 5.11 Å². The molecule has 4 heteroatoms. The topological polar surface area (TPSA) is 36.4 Å². The summed E-state index contributed by atoms with van der Waals surface area (Å²) in [6.45, 7) is 8.81. The molecule has 0 fully saturated rings. The van der Waals surface area contributed by atoms with Gasteiger partial charge in [0.2, 0.25) is 0 Å². The summed E-state index contributed by atoms with van der Waals surface area (Å²) in [5, 5.41) is 11.1. The molecular formula is C15H26N2OS. The maximum absolute atomic E-state index is 10.0. The summed E-state index contributed by atoms with van der Waals surface area (Å²) in [4.78, 5) is 8.40. The van der Waals surface area contributed by atoms with Gasteiger partial charge in [-0.05, 0) is 32.1 Å². The Labute approximate surface area is 120 Å². The number of anilines is 1. The van der Waals surface area contributed by atoms with Crippen molar-refractivity contribution in [2.75, 3.05) is 18.0 Å². The highest BCUT2D eigenvalue weighted by Crippen LogP contribution is 2.36. The standard InChI is InChI=1S/C15H26N2OS/c1-4-11(5-2)10-17(6-3)15-16-14-12(18)8-7-9-13(14)19-15/h11-12,18H,4-10H2,1-3H3. The lowest BCUT2D eigenvalue weighted by atomic mass is 10.0. The average Bonchev–Trinajstić information content (AvgIpc) is 2.85. The molecule has 1 aromatic heterocycles. The van der Waals surface area contributed by atoms with Crippen LogP contribution in [0.4, 0.5) is 5.13 Å². The number of aryl methyl sites for hydroxylation is 1. The van der Waals surface area contributed by atoms with Gasteiger partial charge in [-0.3, -0.25) is 0 Å². The summed E-state index contributed by atoms with van der Waals surface area (Å²) in [5.41, 5.74) is 0.953. The molecule has 0 amide bonds. The van der Waals surface area contributed by atoms with Crippen LogP contribution in [0.3, 0.4) is 0 Å². The maximum atomic E-state index is 10.0. The summed E-state index contributed by atoms with van der Waals surface area (Å²) in [6, 6.07) is 0. The monoisotopic (exact) mass is 282 g/mol. The SMILES string of the molecule is CCC(CC)CN(CC)c1nc2c(s1)CCCC2O. The molecule has 1 atom stereocenters. The van der Waals surface area contributed by atoms with Gasteiger partial charge in [-0.2, -0.15) is 0 Å². The second-order valence-electron chi connectivity index (χ2n) is 5.43. The van der Waals surface area contributed by atoms with Gasteiger partial charge in [0.25, 0.3) is 0 Å². The first-order valence-electron chi connectivity index (χ1n) is 7.62. The van der Waals surface area contributed by atoms with E-state index in [2.05, 4.69) is 25.7 Å². The first kappa shape index (κ1) is 14.8. The molecule has 1 aromatic rings. The molecule has 0 saturated carbocycles. The highest BCUT2D eigenvalue weighted by molar-refractivity contribution is 7.15. The maximum Gasteiger partial charge on any atom is 0.185 e. The van der Waals surface area contributed by atoms with Gasteiger partial charge in [0, 0.05) is 18.0 Å². The van der Waals surface area contributed by atoms with Gasteiger partial charge in [-0.1, -0.05) is 26.7 Å². The Morgan fingerprint density at radius 1 is 1.37 bits per heavy atom. The van der Waals surface area contributed by atoms with Gasteiger partial charge >= 0.3 is 0 Å². The minimum absolute atomic E-state index is 0.333. The van der Waals surface area contributed by atoms with Gasteiger partial charge < -0.3 is 10.0 Å². The van der Waals surface area contributed by atoms with Crippen LogP contribution in [0.5, 0.6) is 0 Å². The van der Waals surface area contributed by atoms with Gasteiger partial charge in [0.05, 0.1) is 11.8 Å². The summed E-state index contributed by atoms with van der Waals surface area (Å²) in [7, 11) is 0. The van der Waals surface area contributed by atoms with E-state index in [4.69, 9.17) is 4.98 Å². The number of aromatic nitrogens is 1. The van der Waals surface area contributed by atoms with E-state index in [1.54, 1.807) is 11.3 Å². The lowest BCUT2D eigenvalue weighted by Gasteiger charge is -2.24. The molecule has 19 heavy (non-hydrogen) atoms. The summed E-state index contributed by atoms with van der Waals surface area (Å²) >= 11 is 1.79. The van der Waals surface area contributed by atoms with Crippen molar-refractivity contribution in [1.82, 2.24) is 4.98 Å². The molecule has 0 bridgehead atoms. The number of aliphatic hydroxyl groups excluding tert-OH is 1. The summed E-state index contributed by atoms with van der Waals surface area (Å²) < 4.78 is 0. The van der Waals surface area contributed by atoms with E-state index in [-0.39, 0.29) is 6.10 Å². The number of hydrogen-bond donors (Lipinski definition) is 1. The van der Waals surface area contributed by atoms with E-state index in [1.165, 1.54) is 17.7 Å². The van der Waals surface area contributed by atoms with Crippen LogP contribution in [0.1, 0.15) is 63.1 Å². The second-order valence-corrected chi connectivity index (χ2v) is 6.50. The van der Waals surface area contributed by atoms with E-state index >= 15 is 0 Å². The van der Waals surface area contributed by atoms with Crippen LogP contribution in [-0.2, 0) is 6.42 Å². The number of aliphatic hydroxyl groups is 1. The van der Waals surface area contributed by atoms with Crippen molar-refractivity contribution in [2.45, 2.75) is 59.0 Å². The minimum atomic E-state index is -0.333. The van der Waals surface area contributed by atoms with Crippen molar-refractivity contribution in [3.8, 4) is 0 Å². The van der Waals surface area contributed by atoms with E-state index in [1.807, 2.05) is 0 Å². The summed E-state index contributed by atoms with van der Waals surface area (Å²) in [5.74, 6) is 0.741. The summed E-state index contributed by atoms with van der Waals surface area (Å²) in [6.07, 6.45) is 5.16. The smallest absolute Gasteiger partial charge is 0.185 e. The quantitative estimate of drug-likeness (QED) is 0.862. The van der Waals surface area contributed by atoms with Crippen LogP contribution in [0.25, 0.3) is 0 Å². The first-order chi connectivity index (χ1) is 9.19. The van der Waals surface area contributed by atoms with Crippen LogP contribution in [0.15, 0.2) is 0 Å². The second kappa shape index (κ2) is 6.71. The molecule has 1 aliphatic rings. The average molecular weight is 282 g/mol. The van der Waals surface area contributed by atoms with Crippen LogP contribution < -0.4 is 4.90 Å². The molecule has 2 rings (SSSR count). The Bertz CT molecular complexity index is 401. The molecule has 108 valence electrons. The highest BCUT2D eigenvalue weighted by Gasteiger charge is 2.24. The molecule has 0 spiro atoms. The number of rotatable bonds is 6. The van der Waals surface area contributed by atoms with E-state index in [0.717, 1.165) is 49.1 Å².